The fourth-order valence-corrected chi connectivity index (χ4v) is 3.61. The van der Waals surface area contributed by atoms with Gasteiger partial charge in [-0.3, -0.25) is 4.68 Å². The Bertz CT molecular complexity index is 997. The Labute approximate surface area is 182 Å². The number of aliphatic hydroxyl groups excluding tert-OH is 1. The zero-order valence-electron chi connectivity index (χ0n) is 18.0. The van der Waals surface area contributed by atoms with Crippen molar-refractivity contribution in [3.63, 3.8) is 0 Å². The van der Waals surface area contributed by atoms with Gasteiger partial charge < -0.3 is 19.6 Å². The topological polar surface area (TPSA) is 96.6 Å². The van der Waals surface area contributed by atoms with E-state index in [4.69, 9.17) is 4.74 Å². The van der Waals surface area contributed by atoms with Crippen LogP contribution in [0.3, 0.4) is 0 Å². The summed E-state index contributed by atoms with van der Waals surface area (Å²) in [6, 6.07) is 0.771. The molecule has 2 aromatic rings. The third kappa shape index (κ3) is 4.79. The van der Waals surface area contributed by atoms with Gasteiger partial charge in [0.15, 0.2) is 5.69 Å². The molecule has 0 spiro atoms. The second kappa shape index (κ2) is 7.91. The maximum absolute atomic E-state index is 13.4. The molecule has 2 aliphatic heterocycles. The molecular weight excluding hydrogens is 429 g/mol. The number of hydrogen-bond donors (Lipinski definition) is 1. The summed E-state index contributed by atoms with van der Waals surface area (Å²) in [7, 11) is 0. The van der Waals surface area contributed by atoms with Crippen molar-refractivity contribution in [2.75, 3.05) is 31.1 Å². The lowest BCUT2D eigenvalue weighted by Gasteiger charge is -2.36. The Morgan fingerprint density at radius 1 is 1.19 bits per heavy atom. The molecule has 2 aliphatic rings. The number of halogens is 3. The lowest BCUT2D eigenvalue weighted by atomic mass is 10.2. The number of β-amino-alcohol motifs (C(OH)–C–C–N with tert-alkyl or cyclic N) is 1. The van der Waals surface area contributed by atoms with Crippen LogP contribution in [-0.4, -0.2) is 73.7 Å². The summed E-state index contributed by atoms with van der Waals surface area (Å²) in [4.78, 5) is 23.3. The fourth-order valence-electron chi connectivity index (χ4n) is 3.61. The average Bonchev–Trinajstić information content (AvgIpc) is 3.32. The SMILES string of the molecule is CC(C)(C)OC(=O)N1CCC(n2cc(-c3cc(C(F)(F)F)nc(N4CC(O)C4)n3)cn2)C1. The number of carbonyl (C=O) groups excluding carboxylic acids is 1. The molecule has 0 radical (unpaired) electrons. The van der Waals surface area contributed by atoms with E-state index < -0.39 is 29.7 Å². The van der Waals surface area contributed by atoms with Gasteiger partial charge in [-0.25, -0.2) is 14.8 Å². The molecule has 2 saturated heterocycles. The van der Waals surface area contributed by atoms with Crippen molar-refractivity contribution >= 4 is 12.0 Å². The molecule has 2 fully saturated rings. The van der Waals surface area contributed by atoms with E-state index in [9.17, 15) is 23.1 Å². The first-order chi connectivity index (χ1) is 14.9. The van der Waals surface area contributed by atoms with Crippen molar-refractivity contribution in [3.05, 3.63) is 24.2 Å². The largest absolute Gasteiger partial charge is 0.444 e. The van der Waals surface area contributed by atoms with Crippen LogP contribution >= 0.6 is 0 Å². The molecule has 12 heteroatoms. The van der Waals surface area contributed by atoms with Gasteiger partial charge in [-0.1, -0.05) is 0 Å². The highest BCUT2D eigenvalue weighted by Gasteiger charge is 2.36. The van der Waals surface area contributed by atoms with Crippen LogP contribution < -0.4 is 4.90 Å². The van der Waals surface area contributed by atoms with E-state index in [2.05, 4.69) is 15.1 Å². The highest BCUT2D eigenvalue weighted by atomic mass is 19.4. The van der Waals surface area contributed by atoms with Gasteiger partial charge in [-0.05, 0) is 33.3 Å². The van der Waals surface area contributed by atoms with Crippen LogP contribution in [0.4, 0.5) is 23.9 Å². The minimum Gasteiger partial charge on any atom is -0.444 e. The van der Waals surface area contributed by atoms with E-state index in [0.717, 1.165) is 6.07 Å². The van der Waals surface area contributed by atoms with Crippen LogP contribution in [0, 0.1) is 0 Å². The third-order valence-corrected chi connectivity index (χ3v) is 5.24. The van der Waals surface area contributed by atoms with E-state index >= 15 is 0 Å². The Morgan fingerprint density at radius 3 is 2.53 bits per heavy atom. The number of nitrogens with zero attached hydrogens (tertiary/aromatic N) is 6. The maximum atomic E-state index is 13.4. The Kier molecular flexibility index (Phi) is 5.51. The molecule has 2 aromatic heterocycles. The summed E-state index contributed by atoms with van der Waals surface area (Å²) < 4.78 is 47.2. The molecule has 1 N–H and O–H groups in total. The van der Waals surface area contributed by atoms with Gasteiger partial charge in [0.1, 0.15) is 5.60 Å². The van der Waals surface area contributed by atoms with Crippen molar-refractivity contribution in [1.82, 2.24) is 24.6 Å². The number of aliphatic hydroxyl groups is 1. The first-order valence-electron chi connectivity index (χ1n) is 10.3. The monoisotopic (exact) mass is 454 g/mol. The summed E-state index contributed by atoms with van der Waals surface area (Å²) >= 11 is 0. The number of amides is 1. The third-order valence-electron chi connectivity index (χ3n) is 5.24. The highest BCUT2D eigenvalue weighted by molar-refractivity contribution is 5.68. The van der Waals surface area contributed by atoms with Crippen LogP contribution in [-0.2, 0) is 10.9 Å². The summed E-state index contributed by atoms with van der Waals surface area (Å²) in [6.07, 6.45) is -1.91. The predicted molar refractivity (Wildman–Crippen MR) is 108 cm³/mol. The van der Waals surface area contributed by atoms with Crippen molar-refractivity contribution in [2.24, 2.45) is 0 Å². The molecule has 4 rings (SSSR count). The quantitative estimate of drug-likeness (QED) is 0.762. The van der Waals surface area contributed by atoms with E-state index in [-0.39, 0.29) is 30.8 Å². The number of ether oxygens (including phenoxy) is 1. The molecule has 0 aliphatic carbocycles. The smallest absolute Gasteiger partial charge is 0.433 e. The Balaban J connectivity index is 1.53. The molecule has 0 aromatic carbocycles. The van der Waals surface area contributed by atoms with Gasteiger partial charge >= 0.3 is 12.3 Å². The first-order valence-corrected chi connectivity index (χ1v) is 10.3. The Hall–Kier alpha value is -2.89. The number of carbonyl (C=O) groups is 1. The van der Waals surface area contributed by atoms with E-state index in [1.54, 1.807) is 36.5 Å². The van der Waals surface area contributed by atoms with Crippen LogP contribution in [0.2, 0.25) is 0 Å². The van der Waals surface area contributed by atoms with E-state index in [1.807, 2.05) is 0 Å². The summed E-state index contributed by atoms with van der Waals surface area (Å²) in [6.45, 7) is 6.65. The fraction of sp³-hybridized carbons (Fsp3) is 0.600. The van der Waals surface area contributed by atoms with E-state index in [1.165, 1.54) is 11.1 Å². The Morgan fingerprint density at radius 2 is 1.91 bits per heavy atom. The lowest BCUT2D eigenvalue weighted by molar-refractivity contribution is -0.141. The van der Waals surface area contributed by atoms with Crippen LogP contribution in [0.15, 0.2) is 18.5 Å². The highest BCUT2D eigenvalue weighted by Crippen LogP contribution is 2.33. The number of rotatable bonds is 3. The molecular formula is C20H25F3N6O3. The molecule has 4 heterocycles. The average molecular weight is 454 g/mol. The summed E-state index contributed by atoms with van der Waals surface area (Å²) in [5, 5.41) is 13.8. The minimum absolute atomic E-state index is 0.0788. The van der Waals surface area contributed by atoms with Crippen LogP contribution in [0.1, 0.15) is 38.9 Å². The molecule has 0 saturated carbocycles. The molecule has 32 heavy (non-hydrogen) atoms. The number of likely N-dealkylation sites (tertiary alicyclic amines) is 1. The van der Waals surface area contributed by atoms with Crippen molar-refractivity contribution in [2.45, 2.75) is 51.1 Å². The minimum atomic E-state index is -4.63. The first kappa shape index (κ1) is 22.3. The molecule has 1 amide bonds. The van der Waals surface area contributed by atoms with Gasteiger partial charge in [0.2, 0.25) is 5.95 Å². The molecule has 1 atom stereocenters. The molecule has 174 valence electrons. The van der Waals surface area contributed by atoms with Crippen molar-refractivity contribution in [3.8, 4) is 11.3 Å². The van der Waals surface area contributed by atoms with Gasteiger partial charge in [0, 0.05) is 37.9 Å². The number of aromatic nitrogens is 4. The second-order valence-corrected chi connectivity index (χ2v) is 9.07. The molecule has 0 bridgehead atoms. The zero-order valence-corrected chi connectivity index (χ0v) is 18.0. The number of anilines is 1. The summed E-state index contributed by atoms with van der Waals surface area (Å²) in [5.74, 6) is -0.0788. The number of alkyl halides is 3. The zero-order chi connectivity index (χ0) is 23.3. The number of hydrogen-bond acceptors (Lipinski definition) is 7. The standard InChI is InChI=1S/C20H25F3N6O3/c1-19(2,3)32-18(31)27-5-4-13(9-27)29-8-12(7-24-29)15-6-16(20(21,22)23)26-17(25-15)28-10-14(30)11-28/h6-8,13-14,30H,4-5,9-11H2,1-3H3. The van der Waals surface area contributed by atoms with Gasteiger partial charge in [0.05, 0.1) is 24.0 Å². The van der Waals surface area contributed by atoms with Gasteiger partial charge in [-0.2, -0.15) is 18.3 Å². The van der Waals surface area contributed by atoms with Gasteiger partial charge in [0.25, 0.3) is 0 Å². The predicted octanol–water partition coefficient (Wildman–Crippen LogP) is 2.72. The van der Waals surface area contributed by atoms with Crippen molar-refractivity contribution in [1.29, 1.82) is 0 Å². The van der Waals surface area contributed by atoms with E-state index in [0.29, 0.717) is 25.1 Å². The van der Waals surface area contributed by atoms with Crippen LogP contribution in [0.5, 0.6) is 0 Å². The van der Waals surface area contributed by atoms with Crippen molar-refractivity contribution < 1.29 is 27.8 Å². The molecule has 9 nitrogen and oxygen atoms in total. The molecule has 1 unspecified atom stereocenters. The van der Waals surface area contributed by atoms with Crippen LogP contribution in [0.25, 0.3) is 11.3 Å². The summed E-state index contributed by atoms with van der Waals surface area (Å²) in [5.41, 5.74) is -1.14. The normalized spacial score (nSPS) is 19.9. The maximum Gasteiger partial charge on any atom is 0.433 e. The lowest BCUT2D eigenvalue weighted by Crippen LogP contribution is -2.51. The van der Waals surface area contributed by atoms with Gasteiger partial charge in [-0.15, -0.1) is 0 Å². The second-order valence-electron chi connectivity index (χ2n) is 9.07.